The van der Waals surface area contributed by atoms with E-state index >= 15 is 0 Å². The van der Waals surface area contributed by atoms with Crippen LogP contribution in [-0.2, 0) is 0 Å². The SMILES string of the molecule is CCCCCCCCCCCCCCCCCCCCCNCCCCCCCCCCCCCCCCCC. The first kappa shape index (κ1) is 40.0. The zero-order valence-electron chi connectivity index (χ0n) is 28.7. The van der Waals surface area contributed by atoms with Gasteiger partial charge in [0.25, 0.3) is 0 Å². The molecular formula is C39H81N. The fourth-order valence-corrected chi connectivity index (χ4v) is 6.25. The molecule has 0 aliphatic rings. The zero-order chi connectivity index (χ0) is 28.9. The molecule has 242 valence electrons. The maximum atomic E-state index is 3.69. The first-order valence-corrected chi connectivity index (χ1v) is 19.6. The van der Waals surface area contributed by atoms with Gasteiger partial charge in [-0.05, 0) is 25.9 Å². The fourth-order valence-electron chi connectivity index (χ4n) is 6.25. The largest absolute Gasteiger partial charge is 0.317 e. The lowest BCUT2D eigenvalue weighted by molar-refractivity contribution is 0.514. The Morgan fingerprint density at radius 3 is 0.525 bits per heavy atom. The van der Waals surface area contributed by atoms with Crippen molar-refractivity contribution >= 4 is 0 Å². The highest BCUT2D eigenvalue weighted by Gasteiger charge is 1.97. The van der Waals surface area contributed by atoms with E-state index in [-0.39, 0.29) is 0 Å². The number of nitrogens with one attached hydrogen (secondary N) is 1. The number of hydrogen-bond acceptors (Lipinski definition) is 1. The van der Waals surface area contributed by atoms with Crippen molar-refractivity contribution in [2.45, 2.75) is 239 Å². The standard InChI is InChI=1S/C39H81N/c1-3-5-7-9-11-13-15-17-19-21-22-23-25-27-29-31-33-35-37-39-40-38-36-34-32-30-28-26-24-20-18-16-14-12-10-8-6-4-2/h40H,3-39H2,1-2H3. The average molecular weight is 564 g/mol. The van der Waals surface area contributed by atoms with Crippen LogP contribution in [-0.4, -0.2) is 13.1 Å². The molecule has 0 rings (SSSR count). The van der Waals surface area contributed by atoms with E-state index in [0.717, 1.165) is 0 Å². The maximum absolute atomic E-state index is 3.69. The summed E-state index contributed by atoms with van der Waals surface area (Å²) in [7, 11) is 0. The second-order valence-electron chi connectivity index (χ2n) is 13.4. The van der Waals surface area contributed by atoms with E-state index in [9.17, 15) is 0 Å². The summed E-state index contributed by atoms with van der Waals surface area (Å²) in [4.78, 5) is 0. The van der Waals surface area contributed by atoms with Crippen LogP contribution in [0.25, 0.3) is 0 Å². The Balaban J connectivity index is 3.01. The molecule has 1 heteroatoms. The summed E-state index contributed by atoms with van der Waals surface area (Å²) in [6.07, 6.45) is 51.2. The predicted octanol–water partition coefficient (Wildman–Crippen LogP) is 14.3. The van der Waals surface area contributed by atoms with E-state index in [4.69, 9.17) is 0 Å². The van der Waals surface area contributed by atoms with Crippen LogP contribution in [0.1, 0.15) is 239 Å². The van der Waals surface area contributed by atoms with E-state index in [1.165, 1.54) is 238 Å². The van der Waals surface area contributed by atoms with Crippen molar-refractivity contribution in [2.75, 3.05) is 13.1 Å². The summed E-state index contributed by atoms with van der Waals surface area (Å²) >= 11 is 0. The third-order valence-corrected chi connectivity index (χ3v) is 9.16. The lowest BCUT2D eigenvalue weighted by atomic mass is 10.0. The Labute approximate surface area is 256 Å². The lowest BCUT2D eigenvalue weighted by Gasteiger charge is -2.06. The van der Waals surface area contributed by atoms with Crippen LogP contribution >= 0.6 is 0 Å². The topological polar surface area (TPSA) is 12.0 Å². The molecule has 0 aliphatic carbocycles. The maximum Gasteiger partial charge on any atom is -0.00489 e. The van der Waals surface area contributed by atoms with Gasteiger partial charge in [0.1, 0.15) is 0 Å². The molecule has 0 atom stereocenters. The van der Waals surface area contributed by atoms with Crippen molar-refractivity contribution in [1.29, 1.82) is 0 Å². The summed E-state index contributed by atoms with van der Waals surface area (Å²) in [5.41, 5.74) is 0. The van der Waals surface area contributed by atoms with Gasteiger partial charge in [-0.2, -0.15) is 0 Å². The molecule has 0 fully saturated rings. The third kappa shape index (κ3) is 38.0. The lowest BCUT2D eigenvalue weighted by Crippen LogP contribution is -2.16. The minimum atomic E-state index is 1.25. The van der Waals surface area contributed by atoms with Crippen LogP contribution in [0.3, 0.4) is 0 Å². The molecule has 40 heavy (non-hydrogen) atoms. The Hall–Kier alpha value is -0.0400. The predicted molar refractivity (Wildman–Crippen MR) is 186 cm³/mol. The van der Waals surface area contributed by atoms with Gasteiger partial charge in [0.2, 0.25) is 0 Å². The highest BCUT2D eigenvalue weighted by atomic mass is 14.8. The fraction of sp³-hybridized carbons (Fsp3) is 1.00. The Morgan fingerprint density at radius 1 is 0.200 bits per heavy atom. The van der Waals surface area contributed by atoms with Gasteiger partial charge in [0.15, 0.2) is 0 Å². The molecule has 1 N–H and O–H groups in total. The molecule has 0 aromatic carbocycles. The van der Waals surface area contributed by atoms with Crippen LogP contribution in [0.2, 0.25) is 0 Å². The quantitative estimate of drug-likeness (QED) is 0.0741. The van der Waals surface area contributed by atoms with Gasteiger partial charge in [-0.3, -0.25) is 0 Å². The Morgan fingerprint density at radius 2 is 0.350 bits per heavy atom. The number of hydrogen-bond donors (Lipinski definition) is 1. The van der Waals surface area contributed by atoms with Crippen molar-refractivity contribution in [3.8, 4) is 0 Å². The molecule has 0 aliphatic heterocycles. The van der Waals surface area contributed by atoms with Gasteiger partial charge in [-0.25, -0.2) is 0 Å². The molecular weight excluding hydrogens is 482 g/mol. The first-order chi connectivity index (χ1) is 19.9. The summed E-state index contributed by atoms with van der Waals surface area (Å²) in [5.74, 6) is 0. The number of unbranched alkanes of at least 4 members (excludes halogenated alkanes) is 33. The van der Waals surface area contributed by atoms with Gasteiger partial charge in [0.05, 0.1) is 0 Å². The minimum Gasteiger partial charge on any atom is -0.317 e. The molecule has 0 saturated heterocycles. The van der Waals surface area contributed by atoms with E-state index in [1.807, 2.05) is 0 Å². The van der Waals surface area contributed by atoms with Gasteiger partial charge >= 0.3 is 0 Å². The second kappa shape index (κ2) is 39.0. The van der Waals surface area contributed by atoms with Crippen LogP contribution in [0.5, 0.6) is 0 Å². The normalized spacial score (nSPS) is 11.6. The average Bonchev–Trinajstić information content (AvgIpc) is 2.97. The molecule has 0 spiro atoms. The molecule has 0 amide bonds. The van der Waals surface area contributed by atoms with Gasteiger partial charge in [-0.15, -0.1) is 0 Å². The molecule has 1 nitrogen and oxygen atoms in total. The van der Waals surface area contributed by atoms with Crippen LogP contribution in [0.15, 0.2) is 0 Å². The van der Waals surface area contributed by atoms with Crippen molar-refractivity contribution in [3.63, 3.8) is 0 Å². The zero-order valence-corrected chi connectivity index (χ0v) is 28.7. The molecule has 0 radical (unpaired) electrons. The van der Waals surface area contributed by atoms with Crippen LogP contribution in [0, 0.1) is 0 Å². The Bertz CT molecular complexity index is 368. The molecule has 0 aromatic heterocycles. The van der Waals surface area contributed by atoms with E-state index < -0.39 is 0 Å². The highest BCUT2D eigenvalue weighted by molar-refractivity contribution is 4.54. The molecule has 0 saturated carbocycles. The highest BCUT2D eigenvalue weighted by Crippen LogP contribution is 2.15. The molecule has 0 bridgehead atoms. The summed E-state index contributed by atoms with van der Waals surface area (Å²) in [6.45, 7) is 7.11. The monoisotopic (exact) mass is 564 g/mol. The summed E-state index contributed by atoms with van der Waals surface area (Å²) in [6, 6.07) is 0. The van der Waals surface area contributed by atoms with Gasteiger partial charge in [0, 0.05) is 0 Å². The molecule has 0 aromatic rings. The van der Waals surface area contributed by atoms with Crippen LogP contribution in [0.4, 0.5) is 0 Å². The number of rotatable bonds is 37. The van der Waals surface area contributed by atoms with Crippen molar-refractivity contribution < 1.29 is 0 Å². The second-order valence-corrected chi connectivity index (χ2v) is 13.4. The van der Waals surface area contributed by atoms with Gasteiger partial charge < -0.3 is 5.32 Å². The Kier molecular flexibility index (Phi) is 38.9. The third-order valence-electron chi connectivity index (χ3n) is 9.16. The first-order valence-electron chi connectivity index (χ1n) is 19.6. The smallest absolute Gasteiger partial charge is 0.00489 e. The minimum absolute atomic E-state index is 1.25. The van der Waals surface area contributed by atoms with Crippen molar-refractivity contribution in [2.24, 2.45) is 0 Å². The van der Waals surface area contributed by atoms with E-state index in [2.05, 4.69) is 19.2 Å². The van der Waals surface area contributed by atoms with E-state index in [1.54, 1.807) is 0 Å². The molecule has 0 unspecified atom stereocenters. The van der Waals surface area contributed by atoms with E-state index in [0.29, 0.717) is 0 Å². The van der Waals surface area contributed by atoms with Crippen molar-refractivity contribution in [1.82, 2.24) is 5.32 Å². The van der Waals surface area contributed by atoms with Crippen LogP contribution < -0.4 is 5.32 Å². The molecule has 0 heterocycles. The summed E-state index contributed by atoms with van der Waals surface area (Å²) in [5, 5.41) is 3.69. The van der Waals surface area contributed by atoms with Crippen molar-refractivity contribution in [3.05, 3.63) is 0 Å². The summed E-state index contributed by atoms with van der Waals surface area (Å²) < 4.78 is 0. The van der Waals surface area contributed by atoms with Gasteiger partial charge in [-0.1, -0.05) is 226 Å².